The maximum absolute atomic E-state index is 11.1. The molecule has 0 aliphatic heterocycles. The Hall–Kier alpha value is -1.97. The van der Waals surface area contributed by atoms with Gasteiger partial charge in [-0.05, 0) is 5.56 Å². The standard InChI is InChI=1S/C12H13NO3/c1-2-11(14)8-13-12(15)16-9-10-6-4-3-5-7-10/h3-8H,2,9H2,1H3. The van der Waals surface area contributed by atoms with E-state index in [4.69, 9.17) is 4.74 Å². The molecule has 16 heavy (non-hydrogen) atoms. The van der Waals surface area contributed by atoms with E-state index in [-0.39, 0.29) is 12.4 Å². The summed E-state index contributed by atoms with van der Waals surface area (Å²) in [4.78, 5) is 25.3. The van der Waals surface area contributed by atoms with Crippen molar-refractivity contribution in [1.82, 2.24) is 0 Å². The van der Waals surface area contributed by atoms with Crippen LogP contribution >= 0.6 is 0 Å². The zero-order valence-corrected chi connectivity index (χ0v) is 9.05. The summed E-state index contributed by atoms with van der Waals surface area (Å²) < 4.78 is 4.83. The van der Waals surface area contributed by atoms with E-state index in [0.717, 1.165) is 11.8 Å². The van der Waals surface area contributed by atoms with Gasteiger partial charge in [0, 0.05) is 6.42 Å². The van der Waals surface area contributed by atoms with E-state index < -0.39 is 6.09 Å². The number of nitrogens with zero attached hydrogens (tertiary/aromatic N) is 1. The van der Waals surface area contributed by atoms with Gasteiger partial charge in [0.25, 0.3) is 0 Å². The fourth-order valence-corrected chi connectivity index (χ4v) is 0.973. The molecule has 0 bridgehead atoms. The number of ether oxygens (including phenoxy) is 1. The highest BCUT2D eigenvalue weighted by atomic mass is 16.5. The van der Waals surface area contributed by atoms with Gasteiger partial charge in [0.15, 0.2) is 5.78 Å². The fourth-order valence-electron chi connectivity index (χ4n) is 0.973. The van der Waals surface area contributed by atoms with Gasteiger partial charge < -0.3 is 4.74 Å². The van der Waals surface area contributed by atoms with Crippen LogP contribution in [0.25, 0.3) is 0 Å². The molecule has 1 rings (SSSR count). The summed E-state index contributed by atoms with van der Waals surface area (Å²) in [6.45, 7) is 1.86. The molecule has 0 saturated carbocycles. The summed E-state index contributed by atoms with van der Waals surface area (Å²) in [5, 5.41) is 0. The van der Waals surface area contributed by atoms with Crippen LogP contribution in [0.15, 0.2) is 35.3 Å². The van der Waals surface area contributed by atoms with Crippen molar-refractivity contribution >= 4 is 18.1 Å². The Balaban J connectivity index is 2.36. The largest absolute Gasteiger partial charge is 0.443 e. The lowest BCUT2D eigenvalue weighted by molar-refractivity contribution is -0.112. The van der Waals surface area contributed by atoms with Crippen molar-refractivity contribution in [2.75, 3.05) is 0 Å². The van der Waals surface area contributed by atoms with Crippen LogP contribution in [0.4, 0.5) is 4.79 Å². The average molecular weight is 219 g/mol. The highest BCUT2D eigenvalue weighted by Gasteiger charge is 2.00. The minimum atomic E-state index is -0.745. The van der Waals surface area contributed by atoms with Crippen molar-refractivity contribution in [3.05, 3.63) is 35.9 Å². The van der Waals surface area contributed by atoms with E-state index >= 15 is 0 Å². The minimum absolute atomic E-state index is 0.164. The first-order valence-corrected chi connectivity index (χ1v) is 5.00. The van der Waals surface area contributed by atoms with Gasteiger partial charge >= 0.3 is 6.09 Å². The molecule has 0 N–H and O–H groups in total. The van der Waals surface area contributed by atoms with E-state index in [2.05, 4.69) is 4.99 Å². The fraction of sp³-hybridized carbons (Fsp3) is 0.250. The molecule has 0 radical (unpaired) electrons. The molecule has 0 aliphatic rings. The Morgan fingerprint density at radius 3 is 2.62 bits per heavy atom. The van der Waals surface area contributed by atoms with E-state index in [9.17, 15) is 9.59 Å². The molecule has 4 heteroatoms. The van der Waals surface area contributed by atoms with Crippen LogP contribution in [-0.2, 0) is 16.1 Å². The first kappa shape index (κ1) is 12.1. The molecule has 1 amide bonds. The number of carbonyl (C=O) groups is 2. The van der Waals surface area contributed by atoms with E-state index in [1.807, 2.05) is 30.3 Å². The molecule has 84 valence electrons. The van der Waals surface area contributed by atoms with Crippen LogP contribution < -0.4 is 0 Å². The van der Waals surface area contributed by atoms with Gasteiger partial charge in [-0.15, -0.1) is 0 Å². The topological polar surface area (TPSA) is 55.7 Å². The van der Waals surface area contributed by atoms with Crippen molar-refractivity contribution in [2.24, 2.45) is 4.99 Å². The molecular formula is C12H13NO3. The van der Waals surface area contributed by atoms with Crippen molar-refractivity contribution in [1.29, 1.82) is 0 Å². The molecule has 0 saturated heterocycles. The number of ketones is 1. The SMILES string of the molecule is CCC(=O)C=NC(=O)OCc1ccccc1. The Morgan fingerprint density at radius 2 is 2.00 bits per heavy atom. The molecule has 1 aromatic rings. The maximum atomic E-state index is 11.1. The molecule has 4 nitrogen and oxygen atoms in total. The van der Waals surface area contributed by atoms with E-state index in [1.54, 1.807) is 6.92 Å². The van der Waals surface area contributed by atoms with Gasteiger partial charge in [-0.25, -0.2) is 4.79 Å². The summed E-state index contributed by atoms with van der Waals surface area (Å²) in [5.74, 6) is -0.198. The zero-order valence-electron chi connectivity index (χ0n) is 9.05. The Kier molecular flexibility index (Phi) is 4.92. The van der Waals surface area contributed by atoms with Gasteiger partial charge in [-0.1, -0.05) is 37.3 Å². The second kappa shape index (κ2) is 6.50. The summed E-state index contributed by atoms with van der Waals surface area (Å²) in [6, 6.07) is 9.27. The smallest absolute Gasteiger partial charge is 0.434 e. The summed E-state index contributed by atoms with van der Waals surface area (Å²) in [7, 11) is 0. The maximum Gasteiger partial charge on any atom is 0.434 e. The third kappa shape index (κ3) is 4.50. The van der Waals surface area contributed by atoms with Crippen molar-refractivity contribution in [2.45, 2.75) is 20.0 Å². The Morgan fingerprint density at radius 1 is 1.31 bits per heavy atom. The van der Waals surface area contributed by atoms with Gasteiger partial charge in [-0.3, -0.25) is 4.79 Å². The lowest BCUT2D eigenvalue weighted by Gasteiger charge is -2.00. The molecule has 0 atom stereocenters. The molecular weight excluding hydrogens is 206 g/mol. The lowest BCUT2D eigenvalue weighted by atomic mass is 10.2. The molecule has 0 spiro atoms. The van der Waals surface area contributed by atoms with Gasteiger partial charge in [-0.2, -0.15) is 4.99 Å². The predicted octanol–water partition coefficient (Wildman–Crippen LogP) is 2.37. The molecule has 0 aliphatic carbocycles. The number of hydrogen-bond acceptors (Lipinski definition) is 3. The second-order valence-electron chi connectivity index (χ2n) is 3.12. The number of carbonyl (C=O) groups excluding carboxylic acids is 2. The summed E-state index contributed by atoms with van der Waals surface area (Å²) >= 11 is 0. The van der Waals surface area contributed by atoms with Crippen LogP contribution in [0.1, 0.15) is 18.9 Å². The number of aliphatic imine (C=N–C) groups is 1. The number of Topliss-reactive ketones (excluding diaryl/α,β-unsaturated/α-hetero) is 1. The Bertz CT molecular complexity index is 385. The lowest BCUT2D eigenvalue weighted by Crippen LogP contribution is -2.03. The van der Waals surface area contributed by atoms with Crippen molar-refractivity contribution in [3.63, 3.8) is 0 Å². The first-order chi connectivity index (χ1) is 7.72. The van der Waals surface area contributed by atoms with Crippen molar-refractivity contribution < 1.29 is 14.3 Å². The highest BCUT2D eigenvalue weighted by molar-refractivity contribution is 6.28. The summed E-state index contributed by atoms with van der Waals surface area (Å²) in [6.07, 6.45) is 0.577. The highest BCUT2D eigenvalue weighted by Crippen LogP contribution is 2.01. The van der Waals surface area contributed by atoms with Gasteiger partial charge in [0.05, 0.1) is 6.21 Å². The monoisotopic (exact) mass is 219 g/mol. The molecule has 0 aromatic heterocycles. The third-order valence-corrected chi connectivity index (χ3v) is 1.87. The van der Waals surface area contributed by atoms with Crippen LogP contribution in [0.2, 0.25) is 0 Å². The van der Waals surface area contributed by atoms with Crippen LogP contribution in [0, 0.1) is 0 Å². The van der Waals surface area contributed by atoms with E-state index in [1.165, 1.54) is 0 Å². The number of hydrogen-bond donors (Lipinski definition) is 0. The van der Waals surface area contributed by atoms with Crippen LogP contribution in [0.5, 0.6) is 0 Å². The van der Waals surface area contributed by atoms with Gasteiger partial charge in [0.2, 0.25) is 0 Å². The van der Waals surface area contributed by atoms with Crippen molar-refractivity contribution in [3.8, 4) is 0 Å². The second-order valence-corrected chi connectivity index (χ2v) is 3.12. The minimum Gasteiger partial charge on any atom is -0.443 e. The zero-order chi connectivity index (χ0) is 11.8. The quantitative estimate of drug-likeness (QED) is 0.730. The van der Waals surface area contributed by atoms with Crippen LogP contribution in [-0.4, -0.2) is 18.1 Å². The number of benzene rings is 1. The van der Waals surface area contributed by atoms with Gasteiger partial charge in [0.1, 0.15) is 6.61 Å². The summed E-state index contributed by atoms with van der Waals surface area (Å²) in [5.41, 5.74) is 0.882. The molecule has 0 heterocycles. The van der Waals surface area contributed by atoms with E-state index in [0.29, 0.717) is 6.42 Å². The molecule has 0 fully saturated rings. The normalized spacial score (nSPS) is 10.3. The molecule has 1 aromatic carbocycles. The number of rotatable bonds is 4. The predicted molar refractivity (Wildman–Crippen MR) is 60.4 cm³/mol. The Labute approximate surface area is 94.0 Å². The average Bonchev–Trinajstić information content (AvgIpc) is 2.34. The first-order valence-electron chi connectivity index (χ1n) is 5.00. The number of amides is 1. The molecule has 0 unspecified atom stereocenters. The third-order valence-electron chi connectivity index (χ3n) is 1.87. The van der Waals surface area contributed by atoms with Crippen LogP contribution in [0.3, 0.4) is 0 Å².